The van der Waals surface area contributed by atoms with Crippen molar-refractivity contribution in [3.8, 4) is 39.6 Å². The molecule has 0 unspecified atom stereocenters. The van der Waals surface area contributed by atoms with Gasteiger partial charge in [-0.2, -0.15) is 0 Å². The molecule has 0 bridgehead atoms. The van der Waals surface area contributed by atoms with Crippen LogP contribution in [0.15, 0.2) is 72.9 Å². The number of ether oxygens (including phenoxy) is 2. The molecule has 4 rings (SSSR count). The molecule has 32 heavy (non-hydrogen) atoms. The number of benzene rings is 3. The lowest BCUT2D eigenvalue weighted by atomic mass is 9.90. The predicted octanol–water partition coefficient (Wildman–Crippen LogP) is 6.43. The summed E-state index contributed by atoms with van der Waals surface area (Å²) < 4.78 is 26.1. The average molecular weight is 429 g/mol. The molecule has 0 aliphatic carbocycles. The minimum absolute atomic E-state index is 0.0799. The summed E-state index contributed by atoms with van der Waals surface area (Å²) in [6.45, 7) is 4.15. The number of aromatic nitrogens is 1. The van der Waals surface area contributed by atoms with Gasteiger partial charge in [0.25, 0.3) is 0 Å². The Balaban J connectivity index is 1.79. The molecule has 0 radical (unpaired) electrons. The standard InChI is InChI=1S/C27H25FN2O2/c1-17-20(19-14-24(28)23(16-29)26(15-19)31-3)8-6-9-21(17)22-10-7-11-25(18(22)2)32-27-12-4-5-13-30-27/h4-15H,16,29H2,1-3H3. The molecule has 0 aliphatic heterocycles. The van der Waals surface area contributed by atoms with Crippen molar-refractivity contribution in [1.29, 1.82) is 0 Å². The maximum absolute atomic E-state index is 14.7. The second-order valence-electron chi connectivity index (χ2n) is 7.52. The molecule has 1 heterocycles. The highest BCUT2D eigenvalue weighted by Gasteiger charge is 2.16. The molecule has 5 heteroatoms. The number of halogens is 1. The Kier molecular flexibility index (Phi) is 6.19. The van der Waals surface area contributed by atoms with E-state index >= 15 is 0 Å². The van der Waals surface area contributed by atoms with Gasteiger partial charge in [-0.25, -0.2) is 9.37 Å². The molecule has 3 aromatic carbocycles. The van der Waals surface area contributed by atoms with Gasteiger partial charge < -0.3 is 15.2 Å². The summed E-state index contributed by atoms with van der Waals surface area (Å²) in [4.78, 5) is 4.25. The first-order valence-electron chi connectivity index (χ1n) is 10.4. The number of pyridine rings is 1. The van der Waals surface area contributed by atoms with Crippen molar-refractivity contribution in [2.75, 3.05) is 7.11 Å². The van der Waals surface area contributed by atoms with E-state index in [4.69, 9.17) is 15.2 Å². The number of nitrogens with zero attached hydrogens (tertiary/aromatic N) is 1. The van der Waals surface area contributed by atoms with E-state index in [-0.39, 0.29) is 12.4 Å². The zero-order chi connectivity index (χ0) is 22.7. The number of rotatable bonds is 6. The summed E-state index contributed by atoms with van der Waals surface area (Å²) in [6.07, 6.45) is 1.70. The quantitative estimate of drug-likeness (QED) is 0.384. The van der Waals surface area contributed by atoms with Crippen LogP contribution >= 0.6 is 0 Å². The maximum atomic E-state index is 14.7. The van der Waals surface area contributed by atoms with E-state index in [1.54, 1.807) is 6.20 Å². The highest BCUT2D eigenvalue weighted by Crippen LogP contribution is 2.38. The van der Waals surface area contributed by atoms with Crippen molar-refractivity contribution >= 4 is 0 Å². The lowest BCUT2D eigenvalue weighted by molar-refractivity contribution is 0.405. The smallest absolute Gasteiger partial charge is 0.219 e. The number of methoxy groups -OCH3 is 1. The molecule has 0 fully saturated rings. The van der Waals surface area contributed by atoms with Crippen LogP contribution in [0.3, 0.4) is 0 Å². The number of hydrogen-bond acceptors (Lipinski definition) is 4. The Hall–Kier alpha value is -3.70. The first-order chi connectivity index (χ1) is 15.5. The molecule has 0 amide bonds. The van der Waals surface area contributed by atoms with Gasteiger partial charge in [0.15, 0.2) is 0 Å². The van der Waals surface area contributed by atoms with Gasteiger partial charge in [0.05, 0.1) is 7.11 Å². The molecule has 4 aromatic rings. The third-order valence-electron chi connectivity index (χ3n) is 5.65. The fourth-order valence-corrected chi connectivity index (χ4v) is 3.92. The van der Waals surface area contributed by atoms with Gasteiger partial charge in [-0.15, -0.1) is 0 Å². The van der Waals surface area contributed by atoms with Gasteiger partial charge in [0, 0.05) is 24.4 Å². The zero-order valence-electron chi connectivity index (χ0n) is 18.4. The topological polar surface area (TPSA) is 57.4 Å². The van der Waals surface area contributed by atoms with E-state index in [0.29, 0.717) is 17.2 Å². The third kappa shape index (κ3) is 4.07. The third-order valence-corrected chi connectivity index (χ3v) is 5.65. The highest BCUT2D eigenvalue weighted by molar-refractivity contribution is 5.81. The van der Waals surface area contributed by atoms with E-state index in [9.17, 15) is 4.39 Å². The molecule has 0 spiro atoms. The lowest BCUT2D eigenvalue weighted by Gasteiger charge is -2.17. The SMILES string of the molecule is COc1cc(-c2cccc(-c3cccc(Oc4ccccn4)c3C)c2C)cc(F)c1CN. The van der Waals surface area contributed by atoms with Crippen LogP contribution < -0.4 is 15.2 Å². The fraction of sp³-hybridized carbons (Fsp3) is 0.148. The summed E-state index contributed by atoms with van der Waals surface area (Å²) in [5.41, 5.74) is 11.9. The van der Waals surface area contributed by atoms with E-state index in [2.05, 4.69) is 17.1 Å². The molecular formula is C27H25FN2O2. The largest absolute Gasteiger partial charge is 0.496 e. The van der Waals surface area contributed by atoms with Crippen LogP contribution in [0.25, 0.3) is 22.3 Å². The summed E-state index contributed by atoms with van der Waals surface area (Å²) in [5, 5.41) is 0. The minimum atomic E-state index is -0.367. The van der Waals surface area contributed by atoms with E-state index in [1.807, 2.05) is 62.4 Å². The predicted molar refractivity (Wildman–Crippen MR) is 126 cm³/mol. The van der Waals surface area contributed by atoms with Crippen LogP contribution in [-0.4, -0.2) is 12.1 Å². The van der Waals surface area contributed by atoms with Crippen LogP contribution in [0, 0.1) is 19.7 Å². The molecule has 2 N–H and O–H groups in total. The molecule has 0 saturated carbocycles. The van der Waals surface area contributed by atoms with Gasteiger partial charge in [0.2, 0.25) is 5.88 Å². The summed E-state index contributed by atoms with van der Waals surface area (Å²) in [7, 11) is 1.53. The van der Waals surface area contributed by atoms with E-state index in [1.165, 1.54) is 13.2 Å². The molecule has 0 aliphatic rings. The number of hydrogen-bond donors (Lipinski definition) is 1. The van der Waals surface area contributed by atoms with Crippen LogP contribution in [0.5, 0.6) is 17.4 Å². The minimum Gasteiger partial charge on any atom is -0.496 e. The van der Waals surface area contributed by atoms with Crippen molar-refractivity contribution in [1.82, 2.24) is 4.98 Å². The Morgan fingerprint density at radius 3 is 2.25 bits per heavy atom. The van der Waals surface area contributed by atoms with Crippen molar-refractivity contribution in [3.05, 3.63) is 95.4 Å². The molecule has 0 saturated heterocycles. The van der Waals surface area contributed by atoms with Crippen LogP contribution in [0.4, 0.5) is 4.39 Å². The molecule has 0 atom stereocenters. The van der Waals surface area contributed by atoms with Crippen LogP contribution in [0.1, 0.15) is 16.7 Å². The van der Waals surface area contributed by atoms with Crippen LogP contribution in [-0.2, 0) is 6.54 Å². The molecule has 162 valence electrons. The summed E-state index contributed by atoms with van der Waals surface area (Å²) in [5.74, 6) is 1.37. The maximum Gasteiger partial charge on any atom is 0.219 e. The van der Waals surface area contributed by atoms with Crippen molar-refractivity contribution in [2.45, 2.75) is 20.4 Å². The number of nitrogens with two attached hydrogens (primary N) is 1. The Labute approximate surface area is 187 Å². The summed E-state index contributed by atoms with van der Waals surface area (Å²) >= 11 is 0. The van der Waals surface area contributed by atoms with E-state index in [0.717, 1.165) is 39.1 Å². The Morgan fingerprint density at radius 2 is 1.56 bits per heavy atom. The van der Waals surface area contributed by atoms with Crippen LogP contribution in [0.2, 0.25) is 0 Å². The van der Waals surface area contributed by atoms with Gasteiger partial charge in [-0.1, -0.05) is 36.4 Å². The van der Waals surface area contributed by atoms with Gasteiger partial charge >= 0.3 is 0 Å². The zero-order valence-corrected chi connectivity index (χ0v) is 18.4. The van der Waals surface area contributed by atoms with Gasteiger partial charge in [0.1, 0.15) is 17.3 Å². The Morgan fingerprint density at radius 1 is 0.844 bits per heavy atom. The fourth-order valence-electron chi connectivity index (χ4n) is 3.92. The summed E-state index contributed by atoms with van der Waals surface area (Å²) in [6, 6.07) is 20.9. The highest BCUT2D eigenvalue weighted by atomic mass is 19.1. The van der Waals surface area contributed by atoms with Gasteiger partial charge in [-0.3, -0.25) is 0 Å². The average Bonchev–Trinajstić information content (AvgIpc) is 2.81. The van der Waals surface area contributed by atoms with Crippen molar-refractivity contribution < 1.29 is 13.9 Å². The normalized spacial score (nSPS) is 10.8. The molecule has 4 nitrogen and oxygen atoms in total. The lowest BCUT2D eigenvalue weighted by Crippen LogP contribution is -2.04. The second-order valence-corrected chi connectivity index (χ2v) is 7.52. The second kappa shape index (κ2) is 9.20. The van der Waals surface area contributed by atoms with Crippen molar-refractivity contribution in [3.63, 3.8) is 0 Å². The molecular weight excluding hydrogens is 403 g/mol. The first kappa shape index (κ1) is 21.5. The first-order valence-corrected chi connectivity index (χ1v) is 10.4. The van der Waals surface area contributed by atoms with Gasteiger partial charge in [-0.05, 0) is 71.5 Å². The molecule has 1 aromatic heterocycles. The van der Waals surface area contributed by atoms with E-state index < -0.39 is 0 Å². The Bertz CT molecular complexity index is 1260. The monoisotopic (exact) mass is 428 g/mol. The van der Waals surface area contributed by atoms with Crippen molar-refractivity contribution in [2.24, 2.45) is 5.73 Å².